The molecule has 0 radical (unpaired) electrons. The van der Waals surface area contributed by atoms with Crippen LogP contribution in [0.25, 0.3) is 0 Å². The van der Waals surface area contributed by atoms with Crippen LogP contribution in [0.2, 0.25) is 5.02 Å². The molecule has 0 aliphatic carbocycles. The van der Waals surface area contributed by atoms with Gasteiger partial charge in [0.25, 0.3) is 0 Å². The Morgan fingerprint density at radius 2 is 1.89 bits per heavy atom. The molecule has 0 saturated carbocycles. The molecule has 0 spiro atoms. The molecule has 6 heteroatoms. The molecule has 19 heavy (non-hydrogen) atoms. The molecule has 0 bridgehead atoms. The van der Waals surface area contributed by atoms with E-state index in [1.54, 1.807) is 0 Å². The van der Waals surface area contributed by atoms with Crippen molar-refractivity contribution >= 4 is 45.1 Å². The first-order chi connectivity index (χ1) is 9.11. The second-order valence-corrected chi connectivity index (χ2v) is 6.06. The molecular weight excluding hydrogens is 348 g/mol. The van der Waals surface area contributed by atoms with Gasteiger partial charge in [0.05, 0.1) is 0 Å². The fourth-order valence-electron chi connectivity index (χ4n) is 1.52. The maximum Gasteiger partial charge on any atom is 0.172 e. The molecule has 3 nitrogen and oxygen atoms in total. The maximum absolute atomic E-state index is 8.85. The third-order valence-electron chi connectivity index (χ3n) is 2.38. The average Bonchev–Trinajstić information content (AvgIpc) is 2.41. The lowest BCUT2D eigenvalue weighted by atomic mass is 10.2. The minimum atomic E-state index is 0.0731. The summed E-state index contributed by atoms with van der Waals surface area (Å²) >= 11 is 10.8. The summed E-state index contributed by atoms with van der Waals surface area (Å²) in [5.41, 5.74) is 6.38. The molecule has 0 unspecified atom stereocenters. The van der Waals surface area contributed by atoms with Gasteiger partial charge in [-0.15, -0.1) is 0 Å². The standard InChI is InChI=1S/C13H10BrClN2OS/c14-10-2-1-3-11(12(10)13(16)17-18)19-9-6-4-8(15)5-7-9/h1-7,18H,(H2,16,17). The Balaban J connectivity index is 2.40. The van der Waals surface area contributed by atoms with Crippen LogP contribution in [0.1, 0.15) is 5.56 Å². The number of halogens is 2. The topological polar surface area (TPSA) is 58.6 Å². The molecule has 3 N–H and O–H groups in total. The first-order valence-corrected chi connectivity index (χ1v) is 7.30. The smallest absolute Gasteiger partial charge is 0.172 e. The fraction of sp³-hybridized carbons (Fsp3) is 0. The normalized spacial score (nSPS) is 11.6. The highest BCUT2D eigenvalue weighted by molar-refractivity contribution is 9.10. The van der Waals surface area contributed by atoms with E-state index in [1.807, 2.05) is 42.5 Å². The lowest BCUT2D eigenvalue weighted by Crippen LogP contribution is -2.15. The van der Waals surface area contributed by atoms with Gasteiger partial charge in [-0.05, 0) is 52.3 Å². The van der Waals surface area contributed by atoms with Crippen LogP contribution >= 0.6 is 39.3 Å². The largest absolute Gasteiger partial charge is 0.409 e. The molecule has 98 valence electrons. The van der Waals surface area contributed by atoms with Gasteiger partial charge in [0.2, 0.25) is 0 Å². The van der Waals surface area contributed by atoms with Crippen molar-refractivity contribution in [3.8, 4) is 0 Å². The number of benzene rings is 2. The van der Waals surface area contributed by atoms with Crippen molar-refractivity contribution < 1.29 is 5.21 Å². The predicted molar refractivity (Wildman–Crippen MR) is 82.2 cm³/mol. The number of oxime groups is 1. The number of amidine groups is 1. The van der Waals surface area contributed by atoms with E-state index in [0.29, 0.717) is 10.6 Å². The molecule has 0 saturated heterocycles. The van der Waals surface area contributed by atoms with Crippen LogP contribution in [0.5, 0.6) is 0 Å². The Morgan fingerprint density at radius 1 is 1.21 bits per heavy atom. The van der Waals surface area contributed by atoms with Crippen molar-refractivity contribution in [1.82, 2.24) is 0 Å². The van der Waals surface area contributed by atoms with Crippen molar-refractivity contribution in [3.63, 3.8) is 0 Å². The number of hydrogen-bond acceptors (Lipinski definition) is 3. The third-order valence-corrected chi connectivity index (χ3v) is 4.36. The van der Waals surface area contributed by atoms with E-state index in [0.717, 1.165) is 14.3 Å². The van der Waals surface area contributed by atoms with Gasteiger partial charge in [-0.3, -0.25) is 0 Å². The zero-order valence-corrected chi connectivity index (χ0v) is 12.8. The molecular formula is C13H10BrClN2OS. The Morgan fingerprint density at radius 3 is 2.53 bits per heavy atom. The first kappa shape index (κ1) is 14.2. The van der Waals surface area contributed by atoms with Crippen molar-refractivity contribution in [1.29, 1.82) is 0 Å². The summed E-state index contributed by atoms with van der Waals surface area (Å²) in [6, 6.07) is 13.1. The lowest BCUT2D eigenvalue weighted by molar-refractivity contribution is 0.318. The summed E-state index contributed by atoms with van der Waals surface area (Å²) in [7, 11) is 0. The number of nitrogens with two attached hydrogens (primary N) is 1. The zero-order valence-electron chi connectivity index (χ0n) is 9.68. The Hall–Kier alpha value is -1.17. The highest BCUT2D eigenvalue weighted by Gasteiger charge is 2.12. The SMILES string of the molecule is N/C(=N/O)c1c(Br)cccc1Sc1ccc(Cl)cc1. The van der Waals surface area contributed by atoms with Gasteiger partial charge in [-0.2, -0.15) is 0 Å². The van der Waals surface area contributed by atoms with Crippen LogP contribution in [0.4, 0.5) is 0 Å². The van der Waals surface area contributed by atoms with E-state index < -0.39 is 0 Å². The Labute approximate surface area is 128 Å². The van der Waals surface area contributed by atoms with Gasteiger partial charge in [0, 0.05) is 24.8 Å². The van der Waals surface area contributed by atoms with Crippen LogP contribution < -0.4 is 5.73 Å². The fourth-order valence-corrected chi connectivity index (χ4v) is 3.33. The van der Waals surface area contributed by atoms with Gasteiger partial charge in [0.1, 0.15) is 0 Å². The molecule has 2 aromatic rings. The van der Waals surface area contributed by atoms with E-state index in [2.05, 4.69) is 21.1 Å². The van der Waals surface area contributed by atoms with Crippen LogP contribution in [0.15, 0.2) is 61.9 Å². The second kappa shape index (κ2) is 6.32. The number of hydrogen-bond donors (Lipinski definition) is 2. The Kier molecular flexibility index (Phi) is 4.74. The van der Waals surface area contributed by atoms with Gasteiger partial charge in [-0.1, -0.05) is 34.6 Å². The summed E-state index contributed by atoms with van der Waals surface area (Å²) in [5, 5.41) is 12.6. The molecule has 0 heterocycles. The van der Waals surface area contributed by atoms with Crippen molar-refractivity contribution in [2.75, 3.05) is 0 Å². The van der Waals surface area contributed by atoms with Crippen molar-refractivity contribution in [2.24, 2.45) is 10.9 Å². The zero-order chi connectivity index (χ0) is 13.8. The van der Waals surface area contributed by atoms with Crippen LogP contribution in [-0.2, 0) is 0 Å². The summed E-state index contributed by atoms with van der Waals surface area (Å²) in [4.78, 5) is 1.92. The van der Waals surface area contributed by atoms with Crippen molar-refractivity contribution in [3.05, 3.63) is 57.5 Å². The molecule has 0 atom stereocenters. The molecule has 0 amide bonds. The lowest BCUT2D eigenvalue weighted by Gasteiger charge is -2.10. The molecule has 0 aliphatic rings. The van der Waals surface area contributed by atoms with Crippen LogP contribution in [0, 0.1) is 0 Å². The van der Waals surface area contributed by atoms with E-state index >= 15 is 0 Å². The average molecular weight is 358 g/mol. The highest BCUT2D eigenvalue weighted by atomic mass is 79.9. The van der Waals surface area contributed by atoms with E-state index in [1.165, 1.54) is 11.8 Å². The summed E-state index contributed by atoms with van der Waals surface area (Å²) in [6.07, 6.45) is 0. The van der Waals surface area contributed by atoms with E-state index in [4.69, 9.17) is 22.5 Å². The van der Waals surface area contributed by atoms with Gasteiger partial charge in [0.15, 0.2) is 5.84 Å². The second-order valence-electron chi connectivity index (χ2n) is 3.65. The predicted octanol–water partition coefficient (Wildman–Crippen LogP) is 4.35. The third kappa shape index (κ3) is 3.43. The van der Waals surface area contributed by atoms with Gasteiger partial charge >= 0.3 is 0 Å². The minimum absolute atomic E-state index is 0.0731. The van der Waals surface area contributed by atoms with Gasteiger partial charge < -0.3 is 10.9 Å². The summed E-state index contributed by atoms with van der Waals surface area (Å²) in [6.45, 7) is 0. The monoisotopic (exact) mass is 356 g/mol. The molecule has 0 aromatic heterocycles. The van der Waals surface area contributed by atoms with Gasteiger partial charge in [-0.25, -0.2) is 0 Å². The first-order valence-electron chi connectivity index (χ1n) is 5.31. The molecule has 2 aromatic carbocycles. The minimum Gasteiger partial charge on any atom is -0.409 e. The highest BCUT2D eigenvalue weighted by Crippen LogP contribution is 2.34. The van der Waals surface area contributed by atoms with E-state index in [9.17, 15) is 0 Å². The molecule has 0 aliphatic heterocycles. The van der Waals surface area contributed by atoms with Crippen LogP contribution in [0.3, 0.4) is 0 Å². The number of rotatable bonds is 3. The number of nitrogens with zero attached hydrogens (tertiary/aromatic N) is 1. The van der Waals surface area contributed by atoms with Crippen LogP contribution in [-0.4, -0.2) is 11.0 Å². The summed E-state index contributed by atoms with van der Waals surface area (Å²) in [5.74, 6) is 0.0731. The van der Waals surface area contributed by atoms with E-state index in [-0.39, 0.29) is 5.84 Å². The quantitative estimate of drug-likeness (QED) is 0.371. The Bertz CT molecular complexity index is 617. The molecule has 0 fully saturated rings. The summed E-state index contributed by atoms with van der Waals surface area (Å²) < 4.78 is 0.779. The molecule has 2 rings (SSSR count). The maximum atomic E-state index is 8.85. The van der Waals surface area contributed by atoms with Crippen molar-refractivity contribution in [2.45, 2.75) is 9.79 Å².